The van der Waals surface area contributed by atoms with Crippen molar-refractivity contribution in [3.63, 3.8) is 0 Å². The molecule has 0 N–H and O–H groups in total. The number of nitriles is 1. The third-order valence-corrected chi connectivity index (χ3v) is 3.83. The molecule has 0 spiro atoms. The van der Waals surface area contributed by atoms with Gasteiger partial charge >= 0.3 is 0 Å². The molecule has 0 fully saturated rings. The van der Waals surface area contributed by atoms with Crippen molar-refractivity contribution in [3.05, 3.63) is 47.8 Å². The SMILES string of the molecule is Cc1c(C#N)cc(-c2cn(C)c3ccccc23)n1C. The Morgan fingerprint density at radius 3 is 2.58 bits per heavy atom. The molecule has 2 heterocycles. The van der Waals surface area contributed by atoms with E-state index in [-0.39, 0.29) is 0 Å². The van der Waals surface area contributed by atoms with Gasteiger partial charge in [0.05, 0.1) is 11.3 Å². The lowest BCUT2D eigenvalue weighted by molar-refractivity contribution is 0.887. The zero-order valence-electron chi connectivity index (χ0n) is 11.3. The molecular formula is C16H15N3. The number of fused-ring (bicyclic) bond motifs is 1. The van der Waals surface area contributed by atoms with Gasteiger partial charge in [-0.05, 0) is 19.1 Å². The number of rotatable bonds is 1. The Bertz CT molecular complexity index is 812. The molecule has 0 radical (unpaired) electrons. The molecule has 2 aromatic heterocycles. The molecule has 3 nitrogen and oxygen atoms in total. The lowest BCUT2D eigenvalue weighted by Gasteiger charge is -2.03. The van der Waals surface area contributed by atoms with Crippen LogP contribution in [0.15, 0.2) is 36.5 Å². The predicted octanol–water partition coefficient (Wildman–Crippen LogP) is 3.36. The number of nitrogens with zero attached hydrogens (tertiary/aromatic N) is 3. The number of hydrogen-bond donors (Lipinski definition) is 0. The summed E-state index contributed by atoms with van der Waals surface area (Å²) in [6.07, 6.45) is 2.13. The van der Waals surface area contributed by atoms with Crippen LogP contribution in [-0.2, 0) is 14.1 Å². The van der Waals surface area contributed by atoms with Crippen molar-refractivity contribution < 1.29 is 0 Å². The second-order valence-corrected chi connectivity index (χ2v) is 4.87. The smallest absolute Gasteiger partial charge is 0.101 e. The molecule has 0 saturated heterocycles. The van der Waals surface area contributed by atoms with Crippen LogP contribution in [0.5, 0.6) is 0 Å². The van der Waals surface area contributed by atoms with Crippen LogP contribution >= 0.6 is 0 Å². The topological polar surface area (TPSA) is 33.6 Å². The van der Waals surface area contributed by atoms with Gasteiger partial charge in [-0.25, -0.2) is 0 Å². The van der Waals surface area contributed by atoms with E-state index in [1.54, 1.807) is 0 Å². The van der Waals surface area contributed by atoms with Crippen LogP contribution in [0.1, 0.15) is 11.3 Å². The number of hydrogen-bond acceptors (Lipinski definition) is 1. The van der Waals surface area contributed by atoms with E-state index in [0.29, 0.717) is 0 Å². The first kappa shape index (κ1) is 11.6. The summed E-state index contributed by atoms with van der Waals surface area (Å²) in [5, 5.41) is 10.4. The summed E-state index contributed by atoms with van der Waals surface area (Å²) in [5.74, 6) is 0. The number of para-hydroxylation sites is 1. The van der Waals surface area contributed by atoms with Gasteiger partial charge in [-0.2, -0.15) is 5.26 Å². The third kappa shape index (κ3) is 1.57. The number of aromatic nitrogens is 2. The Labute approximate surface area is 112 Å². The van der Waals surface area contributed by atoms with Crippen molar-refractivity contribution in [2.24, 2.45) is 14.1 Å². The van der Waals surface area contributed by atoms with E-state index in [1.807, 2.05) is 39.2 Å². The van der Waals surface area contributed by atoms with E-state index in [0.717, 1.165) is 17.0 Å². The fraction of sp³-hybridized carbons (Fsp3) is 0.188. The van der Waals surface area contributed by atoms with Gasteiger partial charge in [-0.3, -0.25) is 0 Å². The molecule has 0 aliphatic rings. The lowest BCUT2D eigenvalue weighted by atomic mass is 10.1. The third-order valence-electron chi connectivity index (χ3n) is 3.83. The van der Waals surface area contributed by atoms with Crippen molar-refractivity contribution in [2.75, 3.05) is 0 Å². The highest BCUT2D eigenvalue weighted by Crippen LogP contribution is 2.32. The fourth-order valence-corrected chi connectivity index (χ4v) is 2.62. The summed E-state index contributed by atoms with van der Waals surface area (Å²) in [5.41, 5.74) is 5.21. The van der Waals surface area contributed by atoms with Gasteiger partial charge in [0, 0.05) is 42.5 Å². The Kier molecular flexibility index (Phi) is 2.46. The van der Waals surface area contributed by atoms with Gasteiger partial charge in [0.1, 0.15) is 6.07 Å². The summed E-state index contributed by atoms with van der Waals surface area (Å²) in [7, 11) is 4.06. The molecular weight excluding hydrogens is 234 g/mol. The van der Waals surface area contributed by atoms with Crippen molar-refractivity contribution in [1.82, 2.24) is 9.13 Å². The van der Waals surface area contributed by atoms with E-state index >= 15 is 0 Å². The number of aryl methyl sites for hydroxylation is 1. The first-order valence-electron chi connectivity index (χ1n) is 6.24. The highest BCUT2D eigenvalue weighted by atomic mass is 15.0. The summed E-state index contributed by atoms with van der Waals surface area (Å²) in [4.78, 5) is 0. The molecule has 0 atom stereocenters. The molecule has 0 unspecified atom stereocenters. The van der Waals surface area contributed by atoms with Gasteiger partial charge in [-0.1, -0.05) is 18.2 Å². The maximum Gasteiger partial charge on any atom is 0.101 e. The van der Waals surface area contributed by atoms with Gasteiger partial charge in [0.15, 0.2) is 0 Å². The van der Waals surface area contributed by atoms with E-state index in [1.165, 1.54) is 16.5 Å². The Balaban J connectivity index is 2.35. The van der Waals surface area contributed by atoms with Crippen molar-refractivity contribution >= 4 is 10.9 Å². The summed E-state index contributed by atoms with van der Waals surface area (Å²) in [6.45, 7) is 1.98. The quantitative estimate of drug-likeness (QED) is 0.651. The summed E-state index contributed by atoms with van der Waals surface area (Å²) in [6, 6.07) is 12.6. The minimum absolute atomic E-state index is 0.741. The standard InChI is InChI=1S/C16H15N3/c1-11-12(9-17)8-16(19(11)3)14-10-18(2)15-7-5-4-6-13(14)15/h4-8,10H,1-3H3. The highest BCUT2D eigenvalue weighted by molar-refractivity contribution is 5.95. The molecule has 0 aliphatic carbocycles. The molecule has 1 aromatic carbocycles. The number of benzene rings is 1. The van der Waals surface area contributed by atoms with Gasteiger partial charge in [0.2, 0.25) is 0 Å². The van der Waals surface area contributed by atoms with Crippen LogP contribution < -0.4 is 0 Å². The van der Waals surface area contributed by atoms with E-state index in [9.17, 15) is 0 Å². The van der Waals surface area contributed by atoms with E-state index in [4.69, 9.17) is 5.26 Å². The normalized spacial score (nSPS) is 10.8. The second-order valence-electron chi connectivity index (χ2n) is 4.87. The Morgan fingerprint density at radius 1 is 1.16 bits per heavy atom. The zero-order chi connectivity index (χ0) is 13.6. The van der Waals surface area contributed by atoms with Crippen LogP contribution in [-0.4, -0.2) is 9.13 Å². The lowest BCUT2D eigenvalue weighted by Crippen LogP contribution is -1.93. The van der Waals surface area contributed by atoms with Crippen LogP contribution in [0.3, 0.4) is 0 Å². The molecule has 3 aromatic rings. The maximum atomic E-state index is 9.15. The molecule has 3 rings (SSSR count). The second kappa shape index (κ2) is 4.03. The van der Waals surface area contributed by atoms with Crippen molar-refractivity contribution in [2.45, 2.75) is 6.92 Å². The first-order chi connectivity index (χ1) is 9.13. The molecule has 3 heteroatoms. The first-order valence-corrected chi connectivity index (χ1v) is 6.24. The Hall–Kier alpha value is -2.47. The molecule has 19 heavy (non-hydrogen) atoms. The monoisotopic (exact) mass is 249 g/mol. The molecule has 94 valence electrons. The summed E-state index contributed by atoms with van der Waals surface area (Å²) < 4.78 is 4.21. The van der Waals surface area contributed by atoms with E-state index in [2.05, 4.69) is 33.5 Å². The van der Waals surface area contributed by atoms with Gasteiger partial charge < -0.3 is 9.13 Å². The highest BCUT2D eigenvalue weighted by Gasteiger charge is 2.14. The van der Waals surface area contributed by atoms with Crippen LogP contribution in [0, 0.1) is 18.3 Å². The minimum atomic E-state index is 0.741. The molecule has 0 saturated carbocycles. The maximum absolute atomic E-state index is 9.15. The molecule has 0 aliphatic heterocycles. The van der Waals surface area contributed by atoms with Crippen LogP contribution in [0.25, 0.3) is 22.2 Å². The average Bonchev–Trinajstić information content (AvgIpc) is 2.90. The van der Waals surface area contributed by atoms with Gasteiger partial charge in [0.25, 0.3) is 0 Å². The Morgan fingerprint density at radius 2 is 1.89 bits per heavy atom. The van der Waals surface area contributed by atoms with Crippen molar-refractivity contribution in [1.29, 1.82) is 5.26 Å². The molecule has 0 bridgehead atoms. The zero-order valence-corrected chi connectivity index (χ0v) is 11.3. The van der Waals surface area contributed by atoms with Crippen molar-refractivity contribution in [3.8, 4) is 17.3 Å². The largest absolute Gasteiger partial charge is 0.350 e. The average molecular weight is 249 g/mol. The molecule has 0 amide bonds. The fourth-order valence-electron chi connectivity index (χ4n) is 2.62. The van der Waals surface area contributed by atoms with Gasteiger partial charge in [-0.15, -0.1) is 0 Å². The predicted molar refractivity (Wildman–Crippen MR) is 76.8 cm³/mol. The van der Waals surface area contributed by atoms with E-state index < -0.39 is 0 Å². The van der Waals surface area contributed by atoms with Crippen LogP contribution in [0.2, 0.25) is 0 Å². The van der Waals surface area contributed by atoms with Crippen LogP contribution in [0.4, 0.5) is 0 Å². The minimum Gasteiger partial charge on any atom is -0.350 e. The summed E-state index contributed by atoms with van der Waals surface area (Å²) >= 11 is 0.